The quantitative estimate of drug-likeness (QED) is 0.610. The second kappa shape index (κ2) is 7.19. The van der Waals surface area contributed by atoms with Crippen molar-refractivity contribution in [1.29, 1.82) is 0 Å². The first-order valence-electron chi connectivity index (χ1n) is 6.16. The minimum atomic E-state index is -3.90. The normalized spacial score (nSPS) is 13.1. The van der Waals surface area contributed by atoms with Gasteiger partial charge in [-0.25, -0.2) is 13.1 Å². The Kier molecular flexibility index (Phi) is 6.11. The number of rotatable bonds is 7. The first-order chi connectivity index (χ1) is 9.69. The Hall–Kier alpha value is -1.19. The van der Waals surface area contributed by atoms with Gasteiger partial charge in [0.25, 0.3) is 0 Å². The van der Waals surface area contributed by atoms with Crippen LogP contribution in [-0.4, -0.2) is 31.4 Å². The van der Waals surface area contributed by atoms with E-state index in [9.17, 15) is 22.9 Å². The van der Waals surface area contributed by atoms with E-state index in [2.05, 4.69) is 4.72 Å². The van der Waals surface area contributed by atoms with Crippen LogP contribution < -0.4 is 4.72 Å². The molecule has 0 saturated carbocycles. The van der Waals surface area contributed by atoms with Crippen molar-refractivity contribution in [1.82, 2.24) is 4.72 Å². The van der Waals surface area contributed by atoms with E-state index in [1.165, 1.54) is 6.92 Å². The number of nitrogens with zero attached hydrogens (tertiary/aromatic N) is 1. The number of benzene rings is 1. The van der Waals surface area contributed by atoms with Crippen LogP contribution in [0.4, 0.5) is 10.1 Å². The van der Waals surface area contributed by atoms with Crippen molar-refractivity contribution in [3.8, 4) is 0 Å². The number of hydrogen-bond donors (Lipinski definition) is 1. The Balaban J connectivity index is 3.03. The fraction of sp³-hybridized carbons (Fsp3) is 0.500. The number of aryl methyl sites for hydroxylation is 1. The molecule has 1 unspecified atom stereocenters. The molecule has 0 amide bonds. The first kappa shape index (κ1) is 17.9. The second-order valence-electron chi connectivity index (χ2n) is 4.56. The molecule has 6 nitrogen and oxygen atoms in total. The summed E-state index contributed by atoms with van der Waals surface area (Å²) in [6, 6.07) is 1.61. The number of nitro benzene ring substituents is 1. The van der Waals surface area contributed by atoms with Gasteiger partial charge in [-0.1, -0.05) is 6.92 Å². The summed E-state index contributed by atoms with van der Waals surface area (Å²) >= 11 is 1.61. The molecule has 1 aromatic rings. The summed E-state index contributed by atoms with van der Waals surface area (Å²) in [4.78, 5) is 9.49. The largest absolute Gasteiger partial charge is 0.306 e. The van der Waals surface area contributed by atoms with Crippen LogP contribution in [0.5, 0.6) is 0 Å². The molecule has 1 aromatic carbocycles. The molecule has 0 saturated heterocycles. The molecule has 0 bridgehead atoms. The Morgan fingerprint density at radius 2 is 2.10 bits per heavy atom. The van der Waals surface area contributed by atoms with Crippen LogP contribution >= 0.6 is 11.8 Å². The Bertz CT molecular complexity index is 634. The summed E-state index contributed by atoms with van der Waals surface area (Å²) in [6.07, 6.45) is 2.55. The lowest BCUT2D eigenvalue weighted by molar-refractivity contribution is -0.387. The molecule has 0 heterocycles. The lowest BCUT2D eigenvalue weighted by atomic mass is 10.2. The van der Waals surface area contributed by atoms with Crippen LogP contribution in [0.25, 0.3) is 0 Å². The average Bonchev–Trinajstić information content (AvgIpc) is 2.37. The smallest absolute Gasteiger partial charge is 0.258 e. The zero-order valence-corrected chi connectivity index (χ0v) is 13.6. The van der Waals surface area contributed by atoms with Crippen molar-refractivity contribution in [3.05, 3.63) is 33.6 Å². The molecule has 1 N–H and O–H groups in total. The van der Waals surface area contributed by atoms with Gasteiger partial charge < -0.3 is 0 Å². The predicted molar refractivity (Wildman–Crippen MR) is 80.6 cm³/mol. The van der Waals surface area contributed by atoms with E-state index in [0.29, 0.717) is 6.42 Å². The van der Waals surface area contributed by atoms with Gasteiger partial charge in [-0.15, -0.1) is 0 Å². The van der Waals surface area contributed by atoms with Gasteiger partial charge in [0.2, 0.25) is 15.8 Å². The summed E-state index contributed by atoms with van der Waals surface area (Å²) in [5.74, 6) is -1.05. The Morgan fingerprint density at radius 3 is 2.62 bits per heavy atom. The maximum atomic E-state index is 13.4. The third-order valence-electron chi connectivity index (χ3n) is 2.98. The molecular formula is C12H17FN2O4S2. The van der Waals surface area contributed by atoms with E-state index in [-0.39, 0.29) is 22.3 Å². The van der Waals surface area contributed by atoms with Gasteiger partial charge >= 0.3 is 5.69 Å². The number of hydrogen-bond acceptors (Lipinski definition) is 5. The lowest BCUT2D eigenvalue weighted by Crippen LogP contribution is -2.27. The zero-order chi connectivity index (χ0) is 16.2. The molecule has 0 aliphatic heterocycles. The van der Waals surface area contributed by atoms with Crippen LogP contribution in [0.3, 0.4) is 0 Å². The highest BCUT2D eigenvalue weighted by atomic mass is 32.2. The van der Waals surface area contributed by atoms with E-state index in [1.807, 2.05) is 13.2 Å². The molecule has 0 aliphatic carbocycles. The highest BCUT2D eigenvalue weighted by Gasteiger charge is 2.24. The van der Waals surface area contributed by atoms with Crippen LogP contribution in [-0.2, 0) is 10.0 Å². The van der Waals surface area contributed by atoms with E-state index in [0.717, 1.165) is 12.1 Å². The van der Waals surface area contributed by atoms with Gasteiger partial charge in [-0.05, 0) is 31.2 Å². The van der Waals surface area contributed by atoms with E-state index >= 15 is 0 Å². The van der Waals surface area contributed by atoms with Gasteiger partial charge in [0.1, 0.15) is 0 Å². The third-order valence-corrected chi connectivity index (χ3v) is 5.62. The Labute approximate surface area is 127 Å². The standard InChI is InChI=1S/C12H17FN2O4S2/c1-8-6-10(13)11(15(16)17)7-12(8)21(18,19)14-5-4-9(2)20-3/h6-7,9,14H,4-5H2,1-3H3. The summed E-state index contributed by atoms with van der Waals surface area (Å²) in [5.41, 5.74) is -0.720. The summed E-state index contributed by atoms with van der Waals surface area (Å²) in [5, 5.41) is 11.0. The molecule has 0 aliphatic rings. The minimum absolute atomic E-state index is 0.128. The number of sulfonamides is 1. The predicted octanol–water partition coefficient (Wildman–Crippen LogP) is 2.46. The fourth-order valence-corrected chi connectivity index (χ4v) is 3.31. The van der Waals surface area contributed by atoms with Gasteiger partial charge in [0, 0.05) is 17.9 Å². The minimum Gasteiger partial charge on any atom is -0.258 e. The summed E-state index contributed by atoms with van der Waals surface area (Å²) < 4.78 is 40.1. The van der Waals surface area contributed by atoms with Crippen LogP contribution in [0.1, 0.15) is 18.9 Å². The maximum Gasteiger partial charge on any atom is 0.306 e. The fourth-order valence-electron chi connectivity index (χ4n) is 1.66. The molecule has 0 spiro atoms. The van der Waals surface area contributed by atoms with Crippen molar-refractivity contribution in [2.75, 3.05) is 12.8 Å². The van der Waals surface area contributed by atoms with Crippen molar-refractivity contribution in [3.63, 3.8) is 0 Å². The van der Waals surface area contributed by atoms with Crippen LogP contribution in [0.2, 0.25) is 0 Å². The lowest BCUT2D eigenvalue weighted by Gasteiger charge is -2.11. The Morgan fingerprint density at radius 1 is 1.48 bits per heavy atom. The molecule has 9 heteroatoms. The van der Waals surface area contributed by atoms with Crippen LogP contribution in [0.15, 0.2) is 17.0 Å². The van der Waals surface area contributed by atoms with Gasteiger partial charge in [-0.3, -0.25) is 10.1 Å². The monoisotopic (exact) mass is 336 g/mol. The molecule has 118 valence electrons. The molecular weight excluding hydrogens is 319 g/mol. The molecule has 0 aromatic heterocycles. The number of nitro groups is 1. The molecule has 1 atom stereocenters. The van der Waals surface area contributed by atoms with E-state index in [4.69, 9.17) is 0 Å². The third kappa shape index (κ3) is 4.65. The van der Waals surface area contributed by atoms with E-state index in [1.54, 1.807) is 11.8 Å². The average molecular weight is 336 g/mol. The molecule has 1 rings (SSSR count). The molecule has 0 fully saturated rings. The zero-order valence-electron chi connectivity index (χ0n) is 11.9. The summed E-state index contributed by atoms with van der Waals surface area (Å²) in [6.45, 7) is 3.58. The SMILES string of the molecule is CSC(C)CCNS(=O)(=O)c1cc([N+](=O)[O-])c(F)cc1C. The number of thioether (sulfide) groups is 1. The number of halogens is 1. The highest BCUT2D eigenvalue weighted by Crippen LogP contribution is 2.25. The van der Waals surface area contributed by atoms with Crippen molar-refractivity contribution in [2.45, 2.75) is 30.4 Å². The van der Waals surface area contributed by atoms with Gasteiger partial charge in [0.15, 0.2) is 0 Å². The topological polar surface area (TPSA) is 89.3 Å². The van der Waals surface area contributed by atoms with Gasteiger partial charge in [0.05, 0.1) is 9.82 Å². The van der Waals surface area contributed by atoms with Gasteiger partial charge in [-0.2, -0.15) is 16.2 Å². The van der Waals surface area contributed by atoms with Crippen LogP contribution in [0, 0.1) is 22.9 Å². The number of nitrogens with one attached hydrogen (secondary N) is 1. The molecule has 21 heavy (non-hydrogen) atoms. The summed E-state index contributed by atoms with van der Waals surface area (Å²) in [7, 11) is -3.90. The van der Waals surface area contributed by atoms with E-state index < -0.39 is 26.5 Å². The first-order valence-corrected chi connectivity index (χ1v) is 8.93. The maximum absolute atomic E-state index is 13.4. The van der Waals surface area contributed by atoms with Crippen molar-refractivity contribution in [2.24, 2.45) is 0 Å². The van der Waals surface area contributed by atoms with Crippen molar-refractivity contribution >= 4 is 27.5 Å². The molecule has 0 radical (unpaired) electrons. The van der Waals surface area contributed by atoms with Crippen molar-refractivity contribution < 1.29 is 17.7 Å². The second-order valence-corrected chi connectivity index (χ2v) is 7.57. The highest BCUT2D eigenvalue weighted by molar-refractivity contribution is 7.99.